The monoisotopic (exact) mass is 235 g/mol. The average molecular weight is 235 g/mol. The van der Waals surface area contributed by atoms with Gasteiger partial charge in [-0.05, 0) is 32.3 Å². The van der Waals surface area contributed by atoms with Crippen LogP contribution in [-0.2, 0) is 0 Å². The van der Waals surface area contributed by atoms with Crippen LogP contribution in [0, 0.1) is 13.8 Å². The van der Waals surface area contributed by atoms with E-state index in [1.807, 2.05) is 6.92 Å². The van der Waals surface area contributed by atoms with Crippen molar-refractivity contribution in [1.29, 1.82) is 0 Å². The van der Waals surface area contributed by atoms with E-state index in [0.29, 0.717) is 11.8 Å². The lowest BCUT2D eigenvalue weighted by molar-refractivity contribution is 0.423. The van der Waals surface area contributed by atoms with E-state index in [-0.39, 0.29) is 0 Å². The Bertz CT molecular complexity index is 539. The molecule has 0 amide bonds. The SMILES string of the molecule is Cc1sc(N)c(-c2nc(C3CC3)no2)c1C. The Hall–Kier alpha value is -1.36. The number of hydrogen-bond donors (Lipinski definition) is 1. The van der Waals surface area contributed by atoms with Gasteiger partial charge in [-0.3, -0.25) is 0 Å². The number of thiophene rings is 1. The molecule has 1 saturated carbocycles. The van der Waals surface area contributed by atoms with Crippen LogP contribution in [0.5, 0.6) is 0 Å². The van der Waals surface area contributed by atoms with Gasteiger partial charge in [-0.1, -0.05) is 5.16 Å². The first-order valence-corrected chi connectivity index (χ1v) is 6.18. The molecule has 2 aromatic heterocycles. The Labute approximate surface area is 97.5 Å². The second-order valence-electron chi connectivity index (χ2n) is 4.25. The molecule has 0 radical (unpaired) electrons. The fourth-order valence-electron chi connectivity index (χ4n) is 1.76. The molecule has 0 bridgehead atoms. The van der Waals surface area contributed by atoms with Crippen molar-refractivity contribution in [3.8, 4) is 11.5 Å². The van der Waals surface area contributed by atoms with E-state index in [2.05, 4.69) is 17.1 Å². The molecule has 0 aromatic carbocycles. The number of hydrogen-bond acceptors (Lipinski definition) is 5. The Kier molecular flexibility index (Phi) is 2.04. The Balaban J connectivity index is 2.06. The van der Waals surface area contributed by atoms with Gasteiger partial charge < -0.3 is 10.3 Å². The summed E-state index contributed by atoms with van der Waals surface area (Å²) in [7, 11) is 0. The van der Waals surface area contributed by atoms with E-state index >= 15 is 0 Å². The third-order valence-electron chi connectivity index (χ3n) is 3.01. The first-order chi connectivity index (χ1) is 7.66. The molecule has 1 aliphatic rings. The molecule has 0 atom stereocenters. The van der Waals surface area contributed by atoms with E-state index in [0.717, 1.165) is 22.0 Å². The van der Waals surface area contributed by atoms with Crippen molar-refractivity contribution in [2.24, 2.45) is 0 Å². The molecule has 0 saturated heterocycles. The van der Waals surface area contributed by atoms with Crippen molar-refractivity contribution < 1.29 is 4.52 Å². The molecule has 2 aromatic rings. The number of nitrogens with two attached hydrogens (primary N) is 1. The lowest BCUT2D eigenvalue weighted by atomic mass is 10.1. The molecule has 4 nitrogen and oxygen atoms in total. The van der Waals surface area contributed by atoms with E-state index in [1.165, 1.54) is 17.7 Å². The van der Waals surface area contributed by atoms with E-state index in [4.69, 9.17) is 10.3 Å². The summed E-state index contributed by atoms with van der Waals surface area (Å²) in [4.78, 5) is 5.63. The largest absolute Gasteiger partial charge is 0.390 e. The van der Waals surface area contributed by atoms with Crippen molar-refractivity contribution in [3.05, 3.63) is 16.3 Å². The molecular formula is C11H13N3OS. The van der Waals surface area contributed by atoms with E-state index < -0.39 is 0 Å². The number of aryl methyl sites for hydroxylation is 1. The lowest BCUT2D eigenvalue weighted by Gasteiger charge is -1.94. The van der Waals surface area contributed by atoms with Crippen molar-refractivity contribution in [2.75, 3.05) is 5.73 Å². The highest BCUT2D eigenvalue weighted by Gasteiger charge is 2.29. The van der Waals surface area contributed by atoms with Crippen molar-refractivity contribution in [2.45, 2.75) is 32.6 Å². The average Bonchev–Trinajstić information content (AvgIpc) is 2.93. The standard InChI is InChI=1S/C11H13N3OS/c1-5-6(2)16-9(12)8(5)11-13-10(14-15-11)7-3-4-7/h7H,3-4,12H2,1-2H3. The summed E-state index contributed by atoms with van der Waals surface area (Å²) in [6.45, 7) is 4.09. The summed E-state index contributed by atoms with van der Waals surface area (Å²) in [6, 6.07) is 0. The molecule has 3 rings (SSSR count). The molecule has 16 heavy (non-hydrogen) atoms. The minimum atomic E-state index is 0.513. The van der Waals surface area contributed by atoms with Gasteiger partial charge >= 0.3 is 0 Å². The molecule has 0 aliphatic heterocycles. The molecule has 0 unspecified atom stereocenters. The summed E-state index contributed by atoms with van der Waals surface area (Å²) in [5.41, 5.74) is 8.03. The van der Waals surface area contributed by atoms with Gasteiger partial charge in [0, 0.05) is 10.8 Å². The molecule has 2 N–H and O–H groups in total. The third kappa shape index (κ3) is 1.43. The lowest BCUT2D eigenvalue weighted by Crippen LogP contribution is -1.87. The van der Waals surface area contributed by atoms with Crippen LogP contribution in [0.2, 0.25) is 0 Å². The highest BCUT2D eigenvalue weighted by atomic mass is 32.1. The van der Waals surface area contributed by atoms with Crippen molar-refractivity contribution >= 4 is 16.3 Å². The van der Waals surface area contributed by atoms with Gasteiger partial charge in [0.05, 0.1) is 10.6 Å². The summed E-state index contributed by atoms with van der Waals surface area (Å²) in [5, 5.41) is 4.77. The fraction of sp³-hybridized carbons (Fsp3) is 0.455. The zero-order valence-corrected chi connectivity index (χ0v) is 10.1. The molecular weight excluding hydrogens is 222 g/mol. The fourth-order valence-corrected chi connectivity index (χ4v) is 2.69. The number of nitrogen functional groups attached to an aromatic ring is 1. The maximum Gasteiger partial charge on any atom is 0.261 e. The molecule has 5 heteroatoms. The summed E-state index contributed by atoms with van der Waals surface area (Å²) in [5.74, 6) is 1.91. The van der Waals surface area contributed by atoms with Gasteiger partial charge in [-0.2, -0.15) is 4.98 Å². The minimum Gasteiger partial charge on any atom is -0.390 e. The topological polar surface area (TPSA) is 64.9 Å². The maximum atomic E-state index is 5.97. The zero-order chi connectivity index (χ0) is 11.3. The molecule has 0 spiro atoms. The van der Waals surface area contributed by atoms with Crippen molar-refractivity contribution in [1.82, 2.24) is 10.1 Å². The molecule has 1 aliphatic carbocycles. The predicted molar refractivity (Wildman–Crippen MR) is 63.5 cm³/mol. The van der Waals surface area contributed by atoms with Crippen LogP contribution < -0.4 is 5.73 Å². The minimum absolute atomic E-state index is 0.513. The van der Waals surface area contributed by atoms with Crippen LogP contribution in [0.15, 0.2) is 4.52 Å². The number of nitrogens with zero attached hydrogens (tertiary/aromatic N) is 2. The second kappa shape index (κ2) is 3.31. The molecule has 1 fully saturated rings. The zero-order valence-electron chi connectivity index (χ0n) is 9.28. The van der Waals surface area contributed by atoms with Crippen LogP contribution in [0.3, 0.4) is 0 Å². The smallest absolute Gasteiger partial charge is 0.261 e. The van der Waals surface area contributed by atoms with Gasteiger partial charge in [0.15, 0.2) is 5.82 Å². The highest BCUT2D eigenvalue weighted by molar-refractivity contribution is 7.16. The summed E-state index contributed by atoms with van der Waals surface area (Å²) < 4.78 is 5.29. The summed E-state index contributed by atoms with van der Waals surface area (Å²) in [6.07, 6.45) is 2.35. The second-order valence-corrected chi connectivity index (χ2v) is 5.51. The van der Waals surface area contributed by atoms with Crippen LogP contribution in [0.1, 0.15) is 35.0 Å². The third-order valence-corrected chi connectivity index (χ3v) is 4.05. The van der Waals surface area contributed by atoms with Crippen LogP contribution in [0.4, 0.5) is 5.00 Å². The predicted octanol–water partition coefficient (Wildman–Crippen LogP) is 2.87. The Morgan fingerprint density at radius 3 is 2.69 bits per heavy atom. The number of anilines is 1. The van der Waals surface area contributed by atoms with Crippen LogP contribution in [0.25, 0.3) is 11.5 Å². The first-order valence-electron chi connectivity index (χ1n) is 5.36. The number of aromatic nitrogens is 2. The van der Waals surface area contributed by atoms with E-state index in [9.17, 15) is 0 Å². The van der Waals surface area contributed by atoms with E-state index in [1.54, 1.807) is 11.3 Å². The first kappa shape index (κ1) is 9.84. The van der Waals surface area contributed by atoms with Gasteiger partial charge in [-0.25, -0.2) is 0 Å². The molecule has 84 valence electrons. The Morgan fingerprint density at radius 1 is 1.38 bits per heavy atom. The Morgan fingerprint density at radius 2 is 2.12 bits per heavy atom. The normalized spacial score (nSPS) is 15.6. The van der Waals surface area contributed by atoms with Crippen molar-refractivity contribution in [3.63, 3.8) is 0 Å². The highest BCUT2D eigenvalue weighted by Crippen LogP contribution is 2.41. The molecule has 2 heterocycles. The quantitative estimate of drug-likeness (QED) is 0.869. The van der Waals surface area contributed by atoms with Gasteiger partial charge in [-0.15, -0.1) is 11.3 Å². The van der Waals surface area contributed by atoms with Crippen LogP contribution >= 0.6 is 11.3 Å². The maximum absolute atomic E-state index is 5.97. The van der Waals surface area contributed by atoms with Gasteiger partial charge in [0.25, 0.3) is 5.89 Å². The van der Waals surface area contributed by atoms with Gasteiger partial charge in [0.1, 0.15) is 0 Å². The number of rotatable bonds is 2. The summed E-state index contributed by atoms with van der Waals surface area (Å²) >= 11 is 1.57. The van der Waals surface area contributed by atoms with Crippen LogP contribution in [-0.4, -0.2) is 10.1 Å². The van der Waals surface area contributed by atoms with Gasteiger partial charge in [0.2, 0.25) is 0 Å².